The van der Waals surface area contributed by atoms with Gasteiger partial charge in [0.1, 0.15) is 5.75 Å². The molecule has 0 saturated carbocycles. The summed E-state index contributed by atoms with van der Waals surface area (Å²) >= 11 is 0. The van der Waals surface area contributed by atoms with Crippen molar-refractivity contribution in [3.63, 3.8) is 0 Å². The van der Waals surface area contributed by atoms with Crippen LogP contribution in [-0.4, -0.2) is 35.9 Å². The minimum atomic E-state index is -0.169. The molecule has 2 aromatic rings. The molecule has 30 heavy (non-hydrogen) atoms. The fourth-order valence-electron chi connectivity index (χ4n) is 3.95. The zero-order chi connectivity index (χ0) is 21.7. The summed E-state index contributed by atoms with van der Waals surface area (Å²) in [5.74, 6) is 0.681. The van der Waals surface area contributed by atoms with Crippen molar-refractivity contribution >= 4 is 11.8 Å². The summed E-state index contributed by atoms with van der Waals surface area (Å²) in [6.45, 7) is 9.63. The van der Waals surface area contributed by atoms with Crippen LogP contribution < -0.4 is 10.1 Å². The number of likely N-dealkylation sites (tertiary alicyclic amines) is 1. The number of hydrogen-bond acceptors (Lipinski definition) is 3. The van der Waals surface area contributed by atoms with Crippen LogP contribution in [0.5, 0.6) is 5.75 Å². The van der Waals surface area contributed by atoms with Gasteiger partial charge in [-0.3, -0.25) is 9.59 Å². The predicted octanol–water partition coefficient (Wildman–Crippen LogP) is 4.26. The van der Waals surface area contributed by atoms with Crippen molar-refractivity contribution in [1.82, 2.24) is 10.2 Å². The number of benzene rings is 2. The molecule has 2 amide bonds. The van der Waals surface area contributed by atoms with Gasteiger partial charge in [0.25, 0.3) is 5.91 Å². The molecule has 1 saturated heterocycles. The third kappa shape index (κ3) is 5.85. The van der Waals surface area contributed by atoms with Crippen molar-refractivity contribution in [3.05, 3.63) is 64.7 Å². The average Bonchev–Trinajstić information content (AvgIpc) is 2.71. The van der Waals surface area contributed by atoms with Crippen LogP contribution in [0.3, 0.4) is 0 Å². The van der Waals surface area contributed by atoms with Gasteiger partial charge >= 0.3 is 0 Å². The molecule has 1 aliphatic rings. The Morgan fingerprint density at radius 2 is 1.77 bits per heavy atom. The first-order valence-corrected chi connectivity index (χ1v) is 10.7. The van der Waals surface area contributed by atoms with E-state index in [1.165, 1.54) is 0 Å². The summed E-state index contributed by atoms with van der Waals surface area (Å²) in [5.41, 5.74) is 3.89. The number of nitrogens with one attached hydrogen (secondary N) is 1. The van der Waals surface area contributed by atoms with Crippen molar-refractivity contribution in [1.29, 1.82) is 0 Å². The first-order chi connectivity index (χ1) is 14.3. The van der Waals surface area contributed by atoms with Crippen LogP contribution in [-0.2, 0) is 11.3 Å². The SMILES string of the molecule is Cc1cc(C)cc(C(=O)N2CCC[C@H](C(=O)NCc3ccc(OC(C)C)cc3)C2)c1. The third-order valence-electron chi connectivity index (χ3n) is 5.31. The van der Waals surface area contributed by atoms with Crippen LogP contribution in [0, 0.1) is 19.8 Å². The van der Waals surface area contributed by atoms with Crippen molar-refractivity contribution in [2.75, 3.05) is 13.1 Å². The van der Waals surface area contributed by atoms with Gasteiger partial charge in [-0.15, -0.1) is 0 Å². The molecule has 0 aromatic heterocycles. The Morgan fingerprint density at radius 1 is 1.10 bits per heavy atom. The lowest BCUT2D eigenvalue weighted by atomic mass is 9.96. The smallest absolute Gasteiger partial charge is 0.253 e. The lowest BCUT2D eigenvalue weighted by Crippen LogP contribution is -2.45. The normalized spacial score (nSPS) is 16.4. The maximum Gasteiger partial charge on any atom is 0.253 e. The molecular formula is C25H32N2O3. The summed E-state index contributed by atoms with van der Waals surface area (Å²) < 4.78 is 5.65. The fraction of sp³-hybridized carbons (Fsp3) is 0.440. The molecule has 0 unspecified atom stereocenters. The van der Waals surface area contributed by atoms with Crippen LogP contribution >= 0.6 is 0 Å². The highest BCUT2D eigenvalue weighted by atomic mass is 16.5. The second kappa shape index (κ2) is 9.79. The van der Waals surface area contributed by atoms with Crippen molar-refractivity contribution in [2.24, 2.45) is 5.92 Å². The molecule has 1 heterocycles. The summed E-state index contributed by atoms with van der Waals surface area (Å²) in [7, 11) is 0. The largest absolute Gasteiger partial charge is 0.491 e. The lowest BCUT2D eigenvalue weighted by Gasteiger charge is -2.32. The Kier molecular flexibility index (Phi) is 7.14. The standard InChI is InChI=1S/C25H32N2O3/c1-17(2)30-23-9-7-20(8-10-23)15-26-24(28)21-6-5-11-27(16-21)25(29)22-13-18(3)12-19(4)14-22/h7-10,12-14,17,21H,5-6,11,15-16H2,1-4H3,(H,26,28)/t21-/m0/s1. The number of aryl methyl sites for hydroxylation is 2. The molecule has 0 aliphatic carbocycles. The first kappa shape index (κ1) is 21.9. The number of piperidine rings is 1. The van der Waals surface area contributed by atoms with Gasteiger partial charge in [-0.25, -0.2) is 0 Å². The summed E-state index contributed by atoms with van der Waals surface area (Å²) in [6, 6.07) is 13.7. The molecule has 5 nitrogen and oxygen atoms in total. The number of amides is 2. The van der Waals surface area contributed by atoms with E-state index in [2.05, 4.69) is 11.4 Å². The summed E-state index contributed by atoms with van der Waals surface area (Å²) in [4.78, 5) is 27.5. The Morgan fingerprint density at radius 3 is 2.40 bits per heavy atom. The fourth-order valence-corrected chi connectivity index (χ4v) is 3.95. The van der Waals surface area contributed by atoms with E-state index in [0.29, 0.717) is 25.2 Å². The molecule has 0 radical (unpaired) electrons. The van der Waals surface area contributed by atoms with E-state index in [1.54, 1.807) is 0 Å². The maximum atomic E-state index is 12.9. The Hall–Kier alpha value is -2.82. The Labute approximate surface area is 179 Å². The summed E-state index contributed by atoms with van der Waals surface area (Å²) in [6.07, 6.45) is 1.79. The quantitative estimate of drug-likeness (QED) is 0.777. The Bertz CT molecular complexity index is 870. The van der Waals surface area contributed by atoms with E-state index in [-0.39, 0.29) is 23.8 Å². The van der Waals surface area contributed by atoms with Gasteiger partial charge in [0.05, 0.1) is 12.0 Å². The predicted molar refractivity (Wildman–Crippen MR) is 119 cm³/mol. The summed E-state index contributed by atoms with van der Waals surface area (Å²) in [5, 5.41) is 3.03. The van der Waals surface area contributed by atoms with Gasteiger partial charge in [-0.1, -0.05) is 29.3 Å². The van der Waals surface area contributed by atoms with Crippen LogP contribution in [0.25, 0.3) is 0 Å². The highest BCUT2D eigenvalue weighted by Crippen LogP contribution is 2.20. The molecule has 0 bridgehead atoms. The zero-order valence-electron chi connectivity index (χ0n) is 18.4. The minimum absolute atomic E-state index is 0.00966. The van der Waals surface area contributed by atoms with Crippen LogP contribution in [0.15, 0.2) is 42.5 Å². The minimum Gasteiger partial charge on any atom is -0.491 e. The van der Waals surface area contributed by atoms with E-state index in [0.717, 1.165) is 35.3 Å². The van der Waals surface area contributed by atoms with Gasteiger partial charge in [-0.05, 0) is 70.4 Å². The van der Waals surface area contributed by atoms with E-state index >= 15 is 0 Å². The van der Waals surface area contributed by atoms with E-state index in [9.17, 15) is 9.59 Å². The second-order valence-corrected chi connectivity index (χ2v) is 8.50. The second-order valence-electron chi connectivity index (χ2n) is 8.50. The highest BCUT2D eigenvalue weighted by molar-refractivity contribution is 5.95. The van der Waals surface area contributed by atoms with E-state index < -0.39 is 0 Å². The molecule has 3 rings (SSSR count). The molecule has 5 heteroatoms. The maximum absolute atomic E-state index is 12.9. The van der Waals surface area contributed by atoms with Crippen LogP contribution in [0.1, 0.15) is 53.7 Å². The van der Waals surface area contributed by atoms with Gasteiger partial charge < -0.3 is 15.0 Å². The van der Waals surface area contributed by atoms with E-state index in [4.69, 9.17) is 4.74 Å². The number of hydrogen-bond donors (Lipinski definition) is 1. The molecule has 2 aromatic carbocycles. The third-order valence-corrected chi connectivity index (χ3v) is 5.31. The molecule has 1 N–H and O–H groups in total. The molecule has 1 atom stereocenters. The first-order valence-electron chi connectivity index (χ1n) is 10.7. The number of carbonyl (C=O) groups is 2. The van der Waals surface area contributed by atoms with Gasteiger partial charge in [-0.2, -0.15) is 0 Å². The molecule has 1 fully saturated rings. The van der Waals surface area contributed by atoms with Crippen LogP contribution in [0.2, 0.25) is 0 Å². The lowest BCUT2D eigenvalue weighted by molar-refractivity contribution is -0.126. The Balaban J connectivity index is 1.55. The van der Waals surface area contributed by atoms with Crippen molar-refractivity contribution < 1.29 is 14.3 Å². The number of ether oxygens (including phenoxy) is 1. The van der Waals surface area contributed by atoms with Crippen LogP contribution in [0.4, 0.5) is 0 Å². The molecule has 0 spiro atoms. The molecular weight excluding hydrogens is 376 g/mol. The van der Waals surface area contributed by atoms with E-state index in [1.807, 2.05) is 69.0 Å². The van der Waals surface area contributed by atoms with Gasteiger partial charge in [0, 0.05) is 25.2 Å². The topological polar surface area (TPSA) is 58.6 Å². The average molecular weight is 409 g/mol. The number of carbonyl (C=O) groups excluding carboxylic acids is 2. The zero-order valence-corrected chi connectivity index (χ0v) is 18.4. The monoisotopic (exact) mass is 408 g/mol. The van der Waals surface area contributed by atoms with Crippen molar-refractivity contribution in [2.45, 2.75) is 53.2 Å². The molecule has 160 valence electrons. The number of rotatable bonds is 6. The molecule has 1 aliphatic heterocycles. The highest BCUT2D eigenvalue weighted by Gasteiger charge is 2.29. The number of nitrogens with zero attached hydrogens (tertiary/aromatic N) is 1. The van der Waals surface area contributed by atoms with Crippen molar-refractivity contribution in [3.8, 4) is 5.75 Å². The van der Waals surface area contributed by atoms with Gasteiger partial charge in [0.2, 0.25) is 5.91 Å². The van der Waals surface area contributed by atoms with Gasteiger partial charge in [0.15, 0.2) is 0 Å².